The first-order valence-corrected chi connectivity index (χ1v) is 7.47. The number of fused-ring (bicyclic) bond motifs is 2. The fourth-order valence-corrected chi connectivity index (χ4v) is 2.96. The number of carbonyl (C=O) groups is 2. The molecule has 2 aromatic rings. The average Bonchev–Trinajstić information content (AvgIpc) is 2.97. The first-order valence-electron chi connectivity index (χ1n) is 7.47. The topological polar surface area (TPSA) is 61.8 Å². The van der Waals surface area contributed by atoms with Gasteiger partial charge < -0.3 is 14.2 Å². The summed E-state index contributed by atoms with van der Waals surface area (Å²) in [5.41, 5.74) is 1.48. The van der Waals surface area contributed by atoms with E-state index in [2.05, 4.69) is 0 Å². The van der Waals surface area contributed by atoms with Crippen LogP contribution in [0.2, 0.25) is 0 Å². The number of esters is 2. The van der Waals surface area contributed by atoms with Gasteiger partial charge in [0.25, 0.3) is 0 Å². The third-order valence-electron chi connectivity index (χ3n) is 4.06. The number of hydrogen-bond donors (Lipinski definition) is 0. The van der Waals surface area contributed by atoms with Crippen LogP contribution in [0.25, 0.3) is 0 Å². The van der Waals surface area contributed by atoms with E-state index in [1.54, 1.807) is 0 Å². The van der Waals surface area contributed by atoms with Crippen molar-refractivity contribution in [1.29, 1.82) is 0 Å². The van der Waals surface area contributed by atoms with Crippen molar-refractivity contribution in [3.8, 4) is 11.5 Å². The number of hydrogen-bond acceptors (Lipinski definition) is 5. The Bertz CT molecular complexity index is 737. The maximum absolute atomic E-state index is 12.7. The summed E-state index contributed by atoms with van der Waals surface area (Å²) in [6.45, 7) is 0.289. The highest BCUT2D eigenvalue weighted by Gasteiger charge is 2.37. The van der Waals surface area contributed by atoms with Gasteiger partial charge in [-0.25, -0.2) is 4.79 Å². The maximum Gasteiger partial charge on any atom is 0.347 e. The Morgan fingerprint density at radius 3 is 2.17 bits per heavy atom. The van der Waals surface area contributed by atoms with Crippen molar-refractivity contribution in [2.75, 3.05) is 6.61 Å². The molecule has 0 saturated carbocycles. The van der Waals surface area contributed by atoms with Crippen LogP contribution in [0, 0.1) is 0 Å². The van der Waals surface area contributed by atoms with E-state index in [1.807, 2.05) is 48.5 Å². The first kappa shape index (κ1) is 13.8. The molecule has 0 amide bonds. The second kappa shape index (κ2) is 5.43. The molecule has 23 heavy (non-hydrogen) atoms. The van der Waals surface area contributed by atoms with Gasteiger partial charge in [-0.05, 0) is 12.1 Å². The monoisotopic (exact) mass is 310 g/mol. The summed E-state index contributed by atoms with van der Waals surface area (Å²) in [6, 6.07) is 14.7. The van der Waals surface area contributed by atoms with Crippen LogP contribution < -0.4 is 4.74 Å². The van der Waals surface area contributed by atoms with Crippen LogP contribution in [0.1, 0.15) is 23.5 Å². The molecule has 0 unspecified atom stereocenters. The lowest BCUT2D eigenvalue weighted by molar-refractivity contribution is -0.160. The van der Waals surface area contributed by atoms with Crippen molar-refractivity contribution < 1.29 is 23.8 Å². The predicted octanol–water partition coefficient (Wildman–Crippen LogP) is 2.78. The molecule has 0 radical (unpaired) electrons. The summed E-state index contributed by atoms with van der Waals surface area (Å²) in [5, 5.41) is 0. The zero-order valence-corrected chi connectivity index (χ0v) is 12.2. The molecule has 2 aromatic carbocycles. The fraction of sp³-hybridized carbons (Fsp3) is 0.222. The van der Waals surface area contributed by atoms with Gasteiger partial charge in [-0.15, -0.1) is 0 Å². The Morgan fingerprint density at radius 2 is 1.61 bits per heavy atom. The third-order valence-corrected chi connectivity index (χ3v) is 4.06. The summed E-state index contributed by atoms with van der Waals surface area (Å²) in [6.07, 6.45) is -0.415. The molecule has 116 valence electrons. The van der Waals surface area contributed by atoms with Crippen LogP contribution in [-0.2, 0) is 19.1 Å². The van der Waals surface area contributed by atoms with Gasteiger partial charge >= 0.3 is 11.9 Å². The normalized spacial score (nSPS) is 19.3. The van der Waals surface area contributed by atoms with E-state index in [0.29, 0.717) is 17.9 Å². The second-order valence-electron chi connectivity index (χ2n) is 5.49. The van der Waals surface area contributed by atoms with Gasteiger partial charge in [0.15, 0.2) is 0 Å². The minimum absolute atomic E-state index is 0.289. The van der Waals surface area contributed by atoms with Gasteiger partial charge in [0.05, 0.1) is 6.61 Å². The minimum Gasteiger partial charge on any atom is -0.463 e. The minimum atomic E-state index is -0.815. The molecule has 5 nitrogen and oxygen atoms in total. The Morgan fingerprint density at radius 1 is 1.00 bits per heavy atom. The lowest BCUT2D eigenvalue weighted by Crippen LogP contribution is -2.28. The van der Waals surface area contributed by atoms with E-state index >= 15 is 0 Å². The van der Waals surface area contributed by atoms with Gasteiger partial charge in [-0.3, -0.25) is 4.79 Å². The summed E-state index contributed by atoms with van der Waals surface area (Å²) in [5.74, 6) is -0.294. The second-order valence-corrected chi connectivity index (χ2v) is 5.49. The van der Waals surface area contributed by atoms with Crippen LogP contribution >= 0.6 is 0 Å². The molecule has 2 aliphatic heterocycles. The Kier molecular flexibility index (Phi) is 3.26. The molecule has 4 rings (SSSR count). The maximum atomic E-state index is 12.7. The zero-order chi connectivity index (χ0) is 15.8. The highest BCUT2D eigenvalue weighted by atomic mass is 16.6. The molecule has 1 fully saturated rings. The predicted molar refractivity (Wildman–Crippen MR) is 80.3 cm³/mol. The molecule has 0 bridgehead atoms. The quantitative estimate of drug-likeness (QED) is 0.798. The molecular formula is C18H14O5. The number of benzene rings is 2. The lowest BCUT2D eigenvalue weighted by Gasteiger charge is -2.27. The van der Waals surface area contributed by atoms with Crippen molar-refractivity contribution in [2.24, 2.45) is 0 Å². The molecule has 5 heteroatoms. The number of ether oxygens (including phenoxy) is 3. The zero-order valence-electron chi connectivity index (χ0n) is 12.2. The van der Waals surface area contributed by atoms with E-state index in [-0.39, 0.29) is 6.61 Å². The van der Waals surface area contributed by atoms with Crippen molar-refractivity contribution >= 4 is 11.9 Å². The smallest absolute Gasteiger partial charge is 0.347 e. The van der Waals surface area contributed by atoms with Crippen LogP contribution in [-0.4, -0.2) is 24.6 Å². The van der Waals surface area contributed by atoms with E-state index in [9.17, 15) is 9.59 Å². The first-order chi connectivity index (χ1) is 11.2. The van der Waals surface area contributed by atoms with Crippen LogP contribution in [0.15, 0.2) is 48.5 Å². The van der Waals surface area contributed by atoms with Gasteiger partial charge in [0.1, 0.15) is 17.4 Å². The van der Waals surface area contributed by atoms with Gasteiger partial charge in [0.2, 0.25) is 6.10 Å². The van der Waals surface area contributed by atoms with Crippen LogP contribution in [0.4, 0.5) is 0 Å². The molecule has 2 aliphatic rings. The Hall–Kier alpha value is -2.82. The third kappa shape index (κ3) is 2.34. The summed E-state index contributed by atoms with van der Waals surface area (Å²) >= 11 is 0. The number of carbonyl (C=O) groups excluding carboxylic acids is 2. The molecule has 0 spiro atoms. The van der Waals surface area contributed by atoms with Gasteiger partial charge in [0, 0.05) is 17.5 Å². The highest BCUT2D eigenvalue weighted by Crippen LogP contribution is 2.44. The Labute approximate surface area is 132 Å². The van der Waals surface area contributed by atoms with Crippen molar-refractivity contribution in [1.82, 2.24) is 0 Å². The SMILES string of the molecule is O=C(O[C@H]1CCOC1=O)C1c2ccccc2Oc2ccccc21. The van der Waals surface area contributed by atoms with Gasteiger partial charge in [-0.1, -0.05) is 36.4 Å². The Balaban J connectivity index is 1.72. The van der Waals surface area contributed by atoms with Gasteiger partial charge in [-0.2, -0.15) is 0 Å². The van der Waals surface area contributed by atoms with E-state index < -0.39 is 24.0 Å². The van der Waals surface area contributed by atoms with Crippen molar-refractivity contribution in [3.05, 3.63) is 59.7 Å². The van der Waals surface area contributed by atoms with E-state index in [4.69, 9.17) is 14.2 Å². The molecule has 0 aliphatic carbocycles. The van der Waals surface area contributed by atoms with Crippen LogP contribution in [0.3, 0.4) is 0 Å². The molecule has 1 saturated heterocycles. The number of para-hydroxylation sites is 2. The molecule has 2 heterocycles. The standard InChI is InChI=1S/C18H14O5/c19-17-15(9-10-21-17)23-18(20)16-11-5-1-3-7-13(11)22-14-8-4-2-6-12(14)16/h1-8,15-16H,9-10H2/t15-/m0/s1. The number of rotatable bonds is 2. The highest BCUT2D eigenvalue weighted by molar-refractivity contribution is 5.88. The summed E-state index contributed by atoms with van der Waals surface area (Å²) < 4.78 is 16.1. The molecular weight excluding hydrogens is 296 g/mol. The fourth-order valence-electron chi connectivity index (χ4n) is 2.96. The van der Waals surface area contributed by atoms with E-state index in [1.165, 1.54) is 0 Å². The number of cyclic esters (lactones) is 1. The molecule has 0 N–H and O–H groups in total. The van der Waals surface area contributed by atoms with Crippen LogP contribution in [0.5, 0.6) is 11.5 Å². The largest absolute Gasteiger partial charge is 0.463 e. The lowest BCUT2D eigenvalue weighted by atomic mass is 9.88. The summed E-state index contributed by atoms with van der Waals surface area (Å²) in [7, 11) is 0. The molecule has 1 atom stereocenters. The molecule has 0 aromatic heterocycles. The van der Waals surface area contributed by atoms with Crippen molar-refractivity contribution in [2.45, 2.75) is 18.4 Å². The average molecular weight is 310 g/mol. The summed E-state index contributed by atoms with van der Waals surface area (Å²) in [4.78, 5) is 24.3. The van der Waals surface area contributed by atoms with E-state index in [0.717, 1.165) is 11.1 Å². The van der Waals surface area contributed by atoms with Crippen molar-refractivity contribution in [3.63, 3.8) is 0 Å².